The lowest BCUT2D eigenvalue weighted by Crippen LogP contribution is -2.56. The standard InChI is InChI=1S/C24H27N5O3/c1-31-22-11-18(7-10-26-22)24(8-2-9-24)32-16-23(30)28-14-19-4-5-20(15-28)29(19)21-6-3-17(12-25)13-27-21/h3,6-7,10-11,13,19-20H,2,4-5,8-9,14-16H2,1H3/t19-,20?/m0/s1. The molecule has 2 aromatic rings. The molecule has 0 N–H and O–H groups in total. The summed E-state index contributed by atoms with van der Waals surface area (Å²) in [4.78, 5) is 26.0. The third kappa shape index (κ3) is 3.67. The highest BCUT2D eigenvalue weighted by Gasteiger charge is 2.44. The van der Waals surface area contributed by atoms with E-state index in [9.17, 15) is 4.79 Å². The van der Waals surface area contributed by atoms with Crippen LogP contribution in [0.4, 0.5) is 5.82 Å². The Bertz CT molecular complexity index is 1020. The van der Waals surface area contributed by atoms with E-state index in [4.69, 9.17) is 14.7 Å². The molecule has 2 aliphatic heterocycles. The molecule has 166 valence electrons. The molecule has 5 rings (SSSR count). The lowest BCUT2D eigenvalue weighted by molar-refractivity contribution is -0.154. The minimum atomic E-state index is -0.418. The van der Waals surface area contributed by atoms with E-state index in [-0.39, 0.29) is 24.6 Å². The minimum Gasteiger partial charge on any atom is -0.481 e. The molecule has 2 saturated heterocycles. The Kier molecular flexibility index (Phi) is 5.43. The Labute approximate surface area is 187 Å². The number of rotatable bonds is 6. The van der Waals surface area contributed by atoms with Crippen LogP contribution in [0.15, 0.2) is 36.7 Å². The molecule has 0 spiro atoms. The van der Waals surface area contributed by atoms with Crippen LogP contribution in [0, 0.1) is 11.3 Å². The Morgan fingerprint density at radius 3 is 2.59 bits per heavy atom. The fourth-order valence-electron chi connectivity index (χ4n) is 5.20. The number of fused-ring (bicyclic) bond motifs is 2. The summed E-state index contributed by atoms with van der Waals surface area (Å²) in [6.45, 7) is 1.44. The summed E-state index contributed by atoms with van der Waals surface area (Å²) in [5.74, 6) is 1.49. The van der Waals surface area contributed by atoms with Gasteiger partial charge in [-0.2, -0.15) is 5.26 Å². The number of carbonyl (C=O) groups excluding carboxylic acids is 1. The maximum atomic E-state index is 13.1. The van der Waals surface area contributed by atoms with Crippen molar-refractivity contribution in [3.8, 4) is 11.9 Å². The molecular formula is C24H27N5O3. The zero-order valence-electron chi connectivity index (χ0n) is 18.2. The lowest BCUT2D eigenvalue weighted by Gasteiger charge is -2.44. The SMILES string of the molecule is COc1cc(C2(OCC(=O)N3CC4CC[C@@H](C3)N4c3ccc(C#N)cn3)CCC2)ccn1. The van der Waals surface area contributed by atoms with Gasteiger partial charge in [0.2, 0.25) is 11.8 Å². The fourth-order valence-corrected chi connectivity index (χ4v) is 5.20. The molecule has 3 fully saturated rings. The molecule has 1 amide bonds. The summed E-state index contributed by atoms with van der Waals surface area (Å²) in [7, 11) is 1.60. The molecule has 2 atom stereocenters. The van der Waals surface area contributed by atoms with E-state index in [1.807, 2.05) is 23.1 Å². The summed E-state index contributed by atoms with van der Waals surface area (Å²) in [5, 5.41) is 9.01. The first-order chi connectivity index (χ1) is 15.6. The largest absolute Gasteiger partial charge is 0.481 e. The normalized spacial score (nSPS) is 23.4. The van der Waals surface area contributed by atoms with Crippen LogP contribution in [0.2, 0.25) is 0 Å². The smallest absolute Gasteiger partial charge is 0.248 e. The lowest BCUT2D eigenvalue weighted by atomic mass is 9.75. The molecule has 1 aliphatic carbocycles. The van der Waals surface area contributed by atoms with Crippen LogP contribution >= 0.6 is 0 Å². The van der Waals surface area contributed by atoms with E-state index in [1.165, 1.54) is 0 Å². The third-order valence-electron chi connectivity index (χ3n) is 7.08. The van der Waals surface area contributed by atoms with E-state index >= 15 is 0 Å². The average Bonchev–Trinajstić information content (AvgIpc) is 3.07. The van der Waals surface area contributed by atoms with Gasteiger partial charge in [-0.25, -0.2) is 9.97 Å². The maximum absolute atomic E-state index is 13.1. The number of piperazine rings is 1. The van der Waals surface area contributed by atoms with Gasteiger partial charge in [-0.15, -0.1) is 0 Å². The second-order valence-electron chi connectivity index (χ2n) is 8.83. The molecule has 8 heteroatoms. The number of methoxy groups -OCH3 is 1. The molecule has 1 saturated carbocycles. The molecule has 32 heavy (non-hydrogen) atoms. The average molecular weight is 434 g/mol. The first-order valence-corrected chi connectivity index (χ1v) is 11.2. The van der Waals surface area contributed by atoms with Crippen molar-refractivity contribution in [2.75, 3.05) is 31.7 Å². The molecule has 1 unspecified atom stereocenters. The number of carbonyl (C=O) groups is 1. The predicted molar refractivity (Wildman–Crippen MR) is 117 cm³/mol. The number of nitrogens with zero attached hydrogens (tertiary/aromatic N) is 5. The number of pyridine rings is 2. The quantitative estimate of drug-likeness (QED) is 0.691. The van der Waals surface area contributed by atoms with E-state index in [2.05, 4.69) is 20.9 Å². The summed E-state index contributed by atoms with van der Waals surface area (Å²) in [6.07, 6.45) is 8.31. The summed E-state index contributed by atoms with van der Waals surface area (Å²) in [5.41, 5.74) is 1.17. The van der Waals surface area contributed by atoms with E-state index in [1.54, 1.807) is 25.6 Å². The second-order valence-corrected chi connectivity index (χ2v) is 8.83. The summed E-state index contributed by atoms with van der Waals surface area (Å²) in [6, 6.07) is 10.2. The number of hydrogen-bond donors (Lipinski definition) is 0. The number of amides is 1. The number of nitriles is 1. The number of likely N-dealkylation sites (tertiary alicyclic amines) is 1. The van der Waals surface area contributed by atoms with Gasteiger partial charge in [-0.3, -0.25) is 4.79 Å². The van der Waals surface area contributed by atoms with Crippen LogP contribution in [-0.2, 0) is 15.1 Å². The number of aromatic nitrogens is 2. The van der Waals surface area contributed by atoms with Gasteiger partial charge in [0.25, 0.3) is 0 Å². The highest BCUT2D eigenvalue weighted by atomic mass is 16.5. The molecule has 4 heterocycles. The molecule has 2 bridgehead atoms. The van der Waals surface area contributed by atoms with Crippen molar-refractivity contribution in [3.63, 3.8) is 0 Å². The topological polar surface area (TPSA) is 91.6 Å². The van der Waals surface area contributed by atoms with Gasteiger partial charge in [0.1, 0.15) is 18.5 Å². The van der Waals surface area contributed by atoms with Crippen molar-refractivity contribution < 1.29 is 14.3 Å². The van der Waals surface area contributed by atoms with Gasteiger partial charge >= 0.3 is 0 Å². The van der Waals surface area contributed by atoms with Crippen LogP contribution < -0.4 is 9.64 Å². The predicted octanol–water partition coefficient (Wildman–Crippen LogP) is 2.63. The zero-order valence-corrected chi connectivity index (χ0v) is 18.2. The van der Waals surface area contributed by atoms with Crippen LogP contribution in [-0.4, -0.2) is 59.7 Å². The molecule has 0 radical (unpaired) electrons. The van der Waals surface area contributed by atoms with Crippen molar-refractivity contribution in [2.24, 2.45) is 0 Å². The Morgan fingerprint density at radius 1 is 1.22 bits per heavy atom. The first-order valence-electron chi connectivity index (χ1n) is 11.2. The fraction of sp³-hybridized carbons (Fsp3) is 0.500. The molecule has 0 aromatic carbocycles. The van der Waals surface area contributed by atoms with Crippen molar-refractivity contribution in [3.05, 3.63) is 47.8 Å². The van der Waals surface area contributed by atoms with Crippen molar-refractivity contribution in [2.45, 2.75) is 49.8 Å². The minimum absolute atomic E-state index is 0.0432. The Balaban J connectivity index is 1.23. The maximum Gasteiger partial charge on any atom is 0.248 e. The van der Waals surface area contributed by atoms with Crippen molar-refractivity contribution in [1.82, 2.24) is 14.9 Å². The van der Waals surface area contributed by atoms with E-state index in [0.29, 0.717) is 24.5 Å². The second kappa shape index (κ2) is 8.40. The summed E-state index contributed by atoms with van der Waals surface area (Å²) < 4.78 is 11.5. The summed E-state index contributed by atoms with van der Waals surface area (Å²) >= 11 is 0. The van der Waals surface area contributed by atoms with Crippen LogP contribution in [0.1, 0.15) is 43.2 Å². The van der Waals surface area contributed by atoms with E-state index < -0.39 is 5.60 Å². The van der Waals surface area contributed by atoms with Gasteiger partial charge in [0.15, 0.2) is 0 Å². The van der Waals surface area contributed by atoms with Gasteiger partial charge < -0.3 is 19.3 Å². The number of anilines is 1. The van der Waals surface area contributed by atoms with Crippen LogP contribution in [0.5, 0.6) is 5.88 Å². The van der Waals surface area contributed by atoms with Gasteiger partial charge in [-0.1, -0.05) is 0 Å². The molecule has 3 aliphatic rings. The highest BCUT2D eigenvalue weighted by Crippen LogP contribution is 2.45. The van der Waals surface area contributed by atoms with Gasteiger partial charge in [-0.05, 0) is 55.9 Å². The van der Waals surface area contributed by atoms with Gasteiger partial charge in [0, 0.05) is 43.6 Å². The first kappa shape index (κ1) is 20.7. The van der Waals surface area contributed by atoms with Crippen LogP contribution in [0.3, 0.4) is 0 Å². The van der Waals surface area contributed by atoms with Crippen LogP contribution in [0.25, 0.3) is 0 Å². The van der Waals surface area contributed by atoms with Crippen molar-refractivity contribution in [1.29, 1.82) is 5.26 Å². The Hall–Kier alpha value is -3.18. The molecule has 2 aromatic heterocycles. The molecule has 8 nitrogen and oxygen atoms in total. The highest BCUT2D eigenvalue weighted by molar-refractivity contribution is 5.78. The van der Waals surface area contributed by atoms with Crippen molar-refractivity contribution >= 4 is 11.7 Å². The third-order valence-corrected chi connectivity index (χ3v) is 7.08. The number of ether oxygens (including phenoxy) is 2. The molecular weight excluding hydrogens is 406 g/mol. The Morgan fingerprint density at radius 2 is 2.00 bits per heavy atom. The van der Waals surface area contributed by atoms with Gasteiger partial charge in [0.05, 0.1) is 18.3 Å². The van der Waals surface area contributed by atoms with E-state index in [0.717, 1.165) is 43.5 Å². The number of hydrogen-bond acceptors (Lipinski definition) is 7. The zero-order chi connectivity index (χ0) is 22.1. The monoisotopic (exact) mass is 433 g/mol.